The lowest BCUT2D eigenvalue weighted by molar-refractivity contribution is -0.122. The van der Waals surface area contributed by atoms with E-state index in [0.29, 0.717) is 12.2 Å². The second-order valence-corrected chi connectivity index (χ2v) is 4.72. The Labute approximate surface area is 96.7 Å². The minimum absolute atomic E-state index is 0.283. The number of carbonyl (C=O) groups is 1. The number of aromatic amines is 1. The second-order valence-electron chi connectivity index (χ2n) is 4.72. The van der Waals surface area contributed by atoms with Gasteiger partial charge < -0.3 is 4.98 Å². The number of ketones is 1. The number of carbonyl (C=O) groups excluding carboxylic acids is 1. The number of rotatable bonds is 3. The maximum atomic E-state index is 12.1. The number of hydrogen-bond donors (Lipinski definition) is 1. The number of aromatic nitrogens is 2. The first-order valence-corrected chi connectivity index (χ1v) is 6.37. The van der Waals surface area contributed by atoms with Crippen LogP contribution >= 0.6 is 0 Å². The highest BCUT2D eigenvalue weighted by Crippen LogP contribution is 2.23. The lowest BCUT2D eigenvalue weighted by Crippen LogP contribution is -2.18. The summed E-state index contributed by atoms with van der Waals surface area (Å²) in [7, 11) is 0. The van der Waals surface area contributed by atoms with Crippen LogP contribution in [0.4, 0.5) is 0 Å². The van der Waals surface area contributed by atoms with E-state index in [1.165, 1.54) is 32.1 Å². The molecule has 1 aliphatic carbocycles. The van der Waals surface area contributed by atoms with E-state index < -0.39 is 0 Å². The van der Waals surface area contributed by atoms with E-state index >= 15 is 0 Å². The van der Waals surface area contributed by atoms with E-state index in [4.69, 9.17) is 0 Å². The van der Waals surface area contributed by atoms with Gasteiger partial charge in [-0.15, -0.1) is 0 Å². The summed E-state index contributed by atoms with van der Waals surface area (Å²) in [5.74, 6) is 1.47. The lowest BCUT2D eigenvalue weighted by atomic mass is 9.87. The first-order chi connectivity index (χ1) is 7.86. The standard InChI is InChI=1S/C13H20N2O/c16-12(10-13-14-8-9-15-13)11-6-4-2-1-3-5-7-11/h8-9,11H,1-7,10H2,(H,14,15). The molecule has 1 aliphatic rings. The minimum atomic E-state index is 0.283. The van der Waals surface area contributed by atoms with Crippen molar-refractivity contribution in [3.63, 3.8) is 0 Å². The molecule has 0 saturated heterocycles. The van der Waals surface area contributed by atoms with Crippen LogP contribution in [0.1, 0.15) is 50.8 Å². The van der Waals surface area contributed by atoms with Gasteiger partial charge in [0, 0.05) is 18.3 Å². The van der Waals surface area contributed by atoms with Crippen LogP contribution in [0.2, 0.25) is 0 Å². The molecule has 1 fully saturated rings. The summed E-state index contributed by atoms with van der Waals surface area (Å²) in [4.78, 5) is 19.2. The van der Waals surface area contributed by atoms with Crippen molar-refractivity contribution in [2.75, 3.05) is 0 Å². The SMILES string of the molecule is O=C(Cc1ncc[nH]1)C1CCCCCCC1. The Balaban J connectivity index is 1.87. The molecule has 1 aromatic heterocycles. The number of hydrogen-bond acceptors (Lipinski definition) is 2. The number of nitrogens with zero attached hydrogens (tertiary/aromatic N) is 1. The molecule has 0 atom stereocenters. The van der Waals surface area contributed by atoms with E-state index in [2.05, 4.69) is 9.97 Å². The van der Waals surface area contributed by atoms with Gasteiger partial charge in [-0.25, -0.2) is 4.98 Å². The zero-order valence-electron chi connectivity index (χ0n) is 9.74. The molecule has 3 nitrogen and oxygen atoms in total. The number of Topliss-reactive ketones (excluding diaryl/α,β-unsaturated/α-hetero) is 1. The molecule has 3 heteroatoms. The summed E-state index contributed by atoms with van der Waals surface area (Å²) in [6, 6.07) is 0. The third-order valence-corrected chi connectivity index (χ3v) is 3.46. The molecule has 16 heavy (non-hydrogen) atoms. The van der Waals surface area contributed by atoms with Crippen LogP contribution in [0, 0.1) is 5.92 Å². The van der Waals surface area contributed by atoms with Crippen molar-refractivity contribution in [3.8, 4) is 0 Å². The highest BCUT2D eigenvalue weighted by Gasteiger charge is 2.19. The molecule has 0 spiro atoms. The van der Waals surface area contributed by atoms with E-state index in [0.717, 1.165) is 18.7 Å². The normalized spacial score (nSPS) is 19.0. The van der Waals surface area contributed by atoms with Crippen molar-refractivity contribution in [2.24, 2.45) is 5.92 Å². The fourth-order valence-electron chi connectivity index (χ4n) is 2.48. The van der Waals surface area contributed by atoms with Crippen molar-refractivity contribution in [1.82, 2.24) is 9.97 Å². The van der Waals surface area contributed by atoms with Gasteiger partial charge >= 0.3 is 0 Å². The topological polar surface area (TPSA) is 45.8 Å². The van der Waals surface area contributed by atoms with Gasteiger partial charge in [-0.05, 0) is 12.8 Å². The maximum absolute atomic E-state index is 12.1. The van der Waals surface area contributed by atoms with Gasteiger partial charge in [0.2, 0.25) is 0 Å². The molecule has 0 bridgehead atoms. The van der Waals surface area contributed by atoms with E-state index in [-0.39, 0.29) is 5.92 Å². The van der Waals surface area contributed by atoms with Crippen molar-refractivity contribution < 1.29 is 4.79 Å². The quantitative estimate of drug-likeness (QED) is 0.851. The molecule has 0 radical (unpaired) electrons. The summed E-state index contributed by atoms with van der Waals surface area (Å²) in [6.45, 7) is 0. The van der Waals surface area contributed by atoms with Crippen molar-refractivity contribution in [1.29, 1.82) is 0 Å². The summed E-state index contributed by atoms with van der Waals surface area (Å²) < 4.78 is 0. The molecule has 88 valence electrons. The molecule has 2 rings (SSSR count). The smallest absolute Gasteiger partial charge is 0.143 e. The Morgan fingerprint density at radius 1 is 1.25 bits per heavy atom. The van der Waals surface area contributed by atoms with Gasteiger partial charge in [-0.3, -0.25) is 4.79 Å². The van der Waals surface area contributed by atoms with E-state index in [1.54, 1.807) is 12.4 Å². The van der Waals surface area contributed by atoms with Gasteiger partial charge in [0.25, 0.3) is 0 Å². The third kappa shape index (κ3) is 3.19. The van der Waals surface area contributed by atoms with Crippen LogP contribution in [0.3, 0.4) is 0 Å². The molecule has 1 saturated carbocycles. The van der Waals surface area contributed by atoms with Crippen molar-refractivity contribution >= 4 is 5.78 Å². The van der Waals surface area contributed by atoms with E-state index in [9.17, 15) is 4.79 Å². The van der Waals surface area contributed by atoms with Crippen LogP contribution < -0.4 is 0 Å². The summed E-state index contributed by atoms with van der Waals surface area (Å²) in [5.41, 5.74) is 0. The minimum Gasteiger partial charge on any atom is -0.348 e. The van der Waals surface area contributed by atoms with Crippen molar-refractivity contribution in [3.05, 3.63) is 18.2 Å². The molecule has 0 aliphatic heterocycles. The molecule has 1 aromatic rings. The molecule has 0 aromatic carbocycles. The number of nitrogens with one attached hydrogen (secondary N) is 1. The Kier molecular flexibility index (Phi) is 4.14. The van der Waals surface area contributed by atoms with Gasteiger partial charge in [-0.1, -0.05) is 32.1 Å². The highest BCUT2D eigenvalue weighted by molar-refractivity contribution is 5.82. The van der Waals surface area contributed by atoms with Gasteiger partial charge in [-0.2, -0.15) is 0 Å². The molecule has 0 unspecified atom stereocenters. The van der Waals surface area contributed by atoms with E-state index in [1.807, 2.05) is 0 Å². The predicted octanol–water partition coefficient (Wildman–Crippen LogP) is 2.88. The Morgan fingerprint density at radius 3 is 2.56 bits per heavy atom. The highest BCUT2D eigenvalue weighted by atomic mass is 16.1. The molecule has 0 amide bonds. The van der Waals surface area contributed by atoms with Gasteiger partial charge in [0.15, 0.2) is 0 Å². The molecular formula is C13H20N2O. The van der Waals surface area contributed by atoms with Crippen molar-refractivity contribution in [2.45, 2.75) is 51.4 Å². The monoisotopic (exact) mass is 220 g/mol. The Morgan fingerprint density at radius 2 is 1.94 bits per heavy atom. The Bertz CT molecular complexity index is 311. The van der Waals surface area contributed by atoms with Crippen LogP contribution in [-0.2, 0) is 11.2 Å². The van der Waals surface area contributed by atoms with Gasteiger partial charge in [0.05, 0.1) is 6.42 Å². The fraction of sp³-hybridized carbons (Fsp3) is 0.692. The predicted molar refractivity (Wildman–Crippen MR) is 63.1 cm³/mol. The first kappa shape index (κ1) is 11.4. The summed E-state index contributed by atoms with van der Waals surface area (Å²) >= 11 is 0. The summed E-state index contributed by atoms with van der Waals surface area (Å²) in [6.07, 6.45) is 12.5. The first-order valence-electron chi connectivity index (χ1n) is 6.37. The molecular weight excluding hydrogens is 200 g/mol. The second kappa shape index (κ2) is 5.83. The van der Waals surface area contributed by atoms with Crippen LogP contribution in [0.25, 0.3) is 0 Å². The molecule has 1 heterocycles. The zero-order chi connectivity index (χ0) is 11.2. The molecule has 1 N–H and O–H groups in total. The third-order valence-electron chi connectivity index (χ3n) is 3.46. The average molecular weight is 220 g/mol. The maximum Gasteiger partial charge on any atom is 0.143 e. The summed E-state index contributed by atoms with van der Waals surface area (Å²) in [5, 5.41) is 0. The fourth-order valence-corrected chi connectivity index (χ4v) is 2.48. The lowest BCUT2D eigenvalue weighted by Gasteiger charge is -2.17. The zero-order valence-corrected chi connectivity index (χ0v) is 9.74. The Hall–Kier alpha value is -1.12. The van der Waals surface area contributed by atoms with Crippen LogP contribution in [0.15, 0.2) is 12.4 Å². The number of imidazole rings is 1. The largest absolute Gasteiger partial charge is 0.348 e. The average Bonchev–Trinajstić information content (AvgIpc) is 2.69. The number of H-pyrrole nitrogens is 1. The van der Waals surface area contributed by atoms with Gasteiger partial charge in [0.1, 0.15) is 11.6 Å². The van der Waals surface area contributed by atoms with Crippen LogP contribution in [0.5, 0.6) is 0 Å². The van der Waals surface area contributed by atoms with Crippen LogP contribution in [-0.4, -0.2) is 15.8 Å².